The van der Waals surface area contributed by atoms with Crippen LogP contribution in [0, 0.1) is 11.8 Å². The van der Waals surface area contributed by atoms with E-state index in [0.717, 1.165) is 38.8 Å². The summed E-state index contributed by atoms with van der Waals surface area (Å²) in [4.78, 5) is 51.0. The lowest BCUT2D eigenvalue weighted by Gasteiger charge is -2.33. The number of carboxylic acids is 1. The Balaban J connectivity index is 1.45. The molecule has 2 atom stereocenters. The van der Waals surface area contributed by atoms with Crippen LogP contribution in [0.2, 0.25) is 0 Å². The van der Waals surface area contributed by atoms with Crippen LogP contribution in [0.5, 0.6) is 0 Å². The molecule has 0 bridgehead atoms. The second kappa shape index (κ2) is 12.3. The summed E-state index contributed by atoms with van der Waals surface area (Å²) in [7, 11) is 0. The summed E-state index contributed by atoms with van der Waals surface area (Å²) in [5.41, 5.74) is 0.348. The van der Waals surface area contributed by atoms with E-state index >= 15 is 0 Å². The molecule has 2 fully saturated rings. The molecule has 0 spiro atoms. The molecule has 2 aliphatic rings. The van der Waals surface area contributed by atoms with Crippen LogP contribution in [-0.2, 0) is 14.4 Å². The van der Waals surface area contributed by atoms with Crippen molar-refractivity contribution in [1.29, 1.82) is 0 Å². The van der Waals surface area contributed by atoms with E-state index < -0.39 is 17.9 Å². The SMILES string of the molecule is O=C(N[C@@H](CNC(=O)[C@@H]1CCCN(C(=O)CCC2CCNCC2)C1)C(=O)O)c1ccccc1. The minimum absolute atomic E-state index is 0.0876. The fourth-order valence-electron chi connectivity index (χ4n) is 4.45. The molecule has 3 rings (SSSR count). The van der Waals surface area contributed by atoms with Crippen LogP contribution < -0.4 is 16.0 Å². The van der Waals surface area contributed by atoms with Gasteiger partial charge in [0.2, 0.25) is 11.8 Å². The van der Waals surface area contributed by atoms with Crippen molar-refractivity contribution < 1.29 is 24.3 Å². The topological polar surface area (TPSA) is 128 Å². The average Bonchev–Trinajstić information content (AvgIpc) is 2.85. The van der Waals surface area contributed by atoms with Crippen molar-refractivity contribution >= 4 is 23.7 Å². The third-order valence-corrected chi connectivity index (χ3v) is 6.49. The minimum atomic E-state index is -1.24. The van der Waals surface area contributed by atoms with E-state index in [9.17, 15) is 24.3 Å². The van der Waals surface area contributed by atoms with Crippen LogP contribution in [-0.4, -0.2) is 72.5 Å². The monoisotopic (exact) mass is 458 g/mol. The van der Waals surface area contributed by atoms with Crippen LogP contribution in [0.1, 0.15) is 48.9 Å². The number of hydrogen-bond donors (Lipinski definition) is 4. The molecular weight excluding hydrogens is 424 g/mol. The Morgan fingerprint density at radius 2 is 1.82 bits per heavy atom. The van der Waals surface area contributed by atoms with Crippen molar-refractivity contribution in [2.24, 2.45) is 11.8 Å². The van der Waals surface area contributed by atoms with Crippen molar-refractivity contribution in [3.8, 4) is 0 Å². The molecule has 33 heavy (non-hydrogen) atoms. The summed E-state index contributed by atoms with van der Waals surface area (Å²) in [6.07, 6.45) is 4.98. The van der Waals surface area contributed by atoms with Crippen molar-refractivity contribution in [2.45, 2.75) is 44.6 Å². The summed E-state index contributed by atoms with van der Waals surface area (Å²) >= 11 is 0. The van der Waals surface area contributed by atoms with Gasteiger partial charge >= 0.3 is 5.97 Å². The van der Waals surface area contributed by atoms with Crippen LogP contribution >= 0.6 is 0 Å². The minimum Gasteiger partial charge on any atom is -0.480 e. The molecule has 9 heteroatoms. The van der Waals surface area contributed by atoms with Gasteiger partial charge in [0.25, 0.3) is 5.91 Å². The molecule has 2 heterocycles. The Hall–Kier alpha value is -2.94. The molecule has 4 N–H and O–H groups in total. The Labute approximate surface area is 194 Å². The maximum Gasteiger partial charge on any atom is 0.328 e. The fraction of sp³-hybridized carbons (Fsp3) is 0.583. The van der Waals surface area contributed by atoms with Gasteiger partial charge in [0.1, 0.15) is 6.04 Å². The van der Waals surface area contributed by atoms with E-state index in [2.05, 4.69) is 16.0 Å². The smallest absolute Gasteiger partial charge is 0.328 e. The van der Waals surface area contributed by atoms with E-state index in [1.54, 1.807) is 35.2 Å². The number of amides is 3. The Kier molecular flexibility index (Phi) is 9.24. The number of nitrogens with one attached hydrogen (secondary N) is 3. The van der Waals surface area contributed by atoms with Crippen molar-refractivity contribution in [2.75, 3.05) is 32.7 Å². The first kappa shape index (κ1) is 24.7. The maximum absolute atomic E-state index is 12.7. The summed E-state index contributed by atoms with van der Waals surface area (Å²) < 4.78 is 0. The first-order valence-corrected chi connectivity index (χ1v) is 11.8. The Morgan fingerprint density at radius 3 is 2.52 bits per heavy atom. The van der Waals surface area contributed by atoms with E-state index in [4.69, 9.17) is 0 Å². The molecular formula is C24H34N4O5. The van der Waals surface area contributed by atoms with Crippen LogP contribution in [0.15, 0.2) is 30.3 Å². The normalized spacial score (nSPS) is 20.0. The quantitative estimate of drug-likeness (QED) is 0.437. The first-order chi connectivity index (χ1) is 15.9. The number of aliphatic carboxylic acids is 1. The van der Waals surface area contributed by atoms with E-state index in [1.165, 1.54) is 0 Å². The number of carbonyl (C=O) groups is 4. The fourth-order valence-corrected chi connectivity index (χ4v) is 4.45. The molecule has 1 aromatic carbocycles. The lowest BCUT2D eigenvalue weighted by atomic mass is 9.92. The van der Waals surface area contributed by atoms with Gasteiger partial charge in [0.15, 0.2) is 0 Å². The summed E-state index contributed by atoms with van der Waals surface area (Å²) in [5, 5.41) is 17.9. The third kappa shape index (κ3) is 7.56. The molecule has 0 radical (unpaired) electrons. The van der Waals surface area contributed by atoms with Gasteiger partial charge in [-0.25, -0.2) is 4.79 Å². The molecule has 9 nitrogen and oxygen atoms in total. The standard InChI is InChI=1S/C24H34N4O5/c29-21(9-8-17-10-12-25-13-11-17)28-14-4-7-19(16-28)22(30)26-15-20(24(32)33)27-23(31)18-5-2-1-3-6-18/h1-3,5-6,17,19-20,25H,4,7-16H2,(H,26,30)(H,27,31)(H,32,33)/t19-,20+/m1/s1. The van der Waals surface area contributed by atoms with Gasteiger partial charge in [0.05, 0.1) is 5.92 Å². The molecule has 2 aliphatic heterocycles. The molecule has 2 saturated heterocycles. The van der Waals surface area contributed by atoms with Gasteiger partial charge in [-0.3, -0.25) is 14.4 Å². The number of rotatable bonds is 9. The highest BCUT2D eigenvalue weighted by atomic mass is 16.4. The van der Waals surface area contributed by atoms with E-state index in [1.807, 2.05) is 0 Å². The highest BCUT2D eigenvalue weighted by molar-refractivity contribution is 5.96. The number of piperidine rings is 2. The largest absolute Gasteiger partial charge is 0.480 e. The Bertz CT molecular complexity index is 825. The number of benzene rings is 1. The van der Waals surface area contributed by atoms with E-state index in [-0.39, 0.29) is 24.3 Å². The van der Waals surface area contributed by atoms with E-state index in [0.29, 0.717) is 37.4 Å². The summed E-state index contributed by atoms with van der Waals surface area (Å²) in [5.74, 6) is -1.73. The molecule has 0 saturated carbocycles. The number of hydrogen-bond acceptors (Lipinski definition) is 5. The molecule has 0 aromatic heterocycles. The predicted molar refractivity (Wildman–Crippen MR) is 122 cm³/mol. The molecule has 1 aromatic rings. The molecule has 180 valence electrons. The van der Waals surface area contributed by atoms with Gasteiger partial charge < -0.3 is 26.0 Å². The summed E-state index contributed by atoms with van der Waals surface area (Å²) in [6.45, 7) is 2.81. The van der Waals surface area contributed by atoms with Crippen molar-refractivity contribution in [3.63, 3.8) is 0 Å². The number of nitrogens with zero attached hydrogens (tertiary/aromatic N) is 1. The maximum atomic E-state index is 12.7. The molecule has 0 aliphatic carbocycles. The lowest BCUT2D eigenvalue weighted by Crippen LogP contribution is -2.51. The zero-order valence-corrected chi connectivity index (χ0v) is 18.9. The van der Waals surface area contributed by atoms with Crippen molar-refractivity contribution in [1.82, 2.24) is 20.9 Å². The molecule has 0 unspecified atom stereocenters. The zero-order chi connectivity index (χ0) is 23.6. The highest BCUT2D eigenvalue weighted by Crippen LogP contribution is 2.21. The lowest BCUT2D eigenvalue weighted by molar-refractivity contribution is -0.139. The zero-order valence-electron chi connectivity index (χ0n) is 18.9. The highest BCUT2D eigenvalue weighted by Gasteiger charge is 2.30. The Morgan fingerprint density at radius 1 is 1.09 bits per heavy atom. The number of carbonyl (C=O) groups excluding carboxylic acids is 3. The first-order valence-electron chi connectivity index (χ1n) is 11.8. The third-order valence-electron chi connectivity index (χ3n) is 6.49. The number of likely N-dealkylation sites (tertiary alicyclic amines) is 1. The average molecular weight is 459 g/mol. The van der Waals surface area contributed by atoms with Crippen LogP contribution in [0.3, 0.4) is 0 Å². The van der Waals surface area contributed by atoms with Gasteiger partial charge in [-0.05, 0) is 63.2 Å². The van der Waals surface area contributed by atoms with Gasteiger partial charge in [-0.2, -0.15) is 0 Å². The van der Waals surface area contributed by atoms with Gasteiger partial charge in [0, 0.05) is 31.6 Å². The summed E-state index contributed by atoms with van der Waals surface area (Å²) in [6, 6.07) is 7.08. The number of carboxylic acid groups (broad SMARTS) is 1. The van der Waals surface area contributed by atoms with Crippen molar-refractivity contribution in [3.05, 3.63) is 35.9 Å². The second-order valence-corrected chi connectivity index (χ2v) is 8.89. The van der Waals surface area contributed by atoms with Crippen LogP contribution in [0.25, 0.3) is 0 Å². The second-order valence-electron chi connectivity index (χ2n) is 8.89. The predicted octanol–water partition coefficient (Wildman–Crippen LogP) is 1.00. The van der Waals surface area contributed by atoms with Gasteiger partial charge in [-0.1, -0.05) is 18.2 Å². The molecule has 3 amide bonds. The van der Waals surface area contributed by atoms with Crippen LogP contribution in [0.4, 0.5) is 0 Å². The van der Waals surface area contributed by atoms with Gasteiger partial charge in [-0.15, -0.1) is 0 Å².